The molecule has 1 aromatic heterocycles. The number of aliphatic carboxylic acids is 1. The number of carbonyl (C=O) groups is 3. The Morgan fingerprint density at radius 3 is 2.72 bits per heavy atom. The van der Waals surface area contributed by atoms with E-state index in [4.69, 9.17) is 16.3 Å². The van der Waals surface area contributed by atoms with Crippen molar-refractivity contribution in [3.8, 4) is 0 Å². The van der Waals surface area contributed by atoms with Gasteiger partial charge in [0.1, 0.15) is 17.9 Å². The number of aliphatic imine (C=N–C) groups is 1. The van der Waals surface area contributed by atoms with E-state index in [-0.39, 0.29) is 47.3 Å². The molecule has 4 atom stereocenters. The lowest BCUT2D eigenvalue weighted by molar-refractivity contribution is -0.145. The van der Waals surface area contributed by atoms with Crippen molar-refractivity contribution in [2.45, 2.75) is 30.6 Å². The number of methoxy groups -OCH3 is 1. The molecule has 12 nitrogen and oxygen atoms in total. The first-order valence-corrected chi connectivity index (χ1v) is 15.1. The fourth-order valence-electron chi connectivity index (χ4n) is 6.45. The number of aromatic nitrogens is 1. The van der Waals surface area contributed by atoms with Crippen molar-refractivity contribution in [1.29, 1.82) is 0 Å². The van der Waals surface area contributed by atoms with Gasteiger partial charge in [0.2, 0.25) is 0 Å². The number of nitrogens with zero attached hydrogens (tertiary/aromatic N) is 6. The molecule has 2 amide bonds. The Labute approximate surface area is 256 Å². The summed E-state index contributed by atoms with van der Waals surface area (Å²) < 4.78 is 18.8. The van der Waals surface area contributed by atoms with E-state index >= 15 is 0 Å². The van der Waals surface area contributed by atoms with E-state index in [1.807, 2.05) is 21.7 Å². The van der Waals surface area contributed by atoms with E-state index in [9.17, 15) is 23.9 Å². The van der Waals surface area contributed by atoms with Gasteiger partial charge in [0.25, 0.3) is 0 Å². The van der Waals surface area contributed by atoms with E-state index in [1.165, 1.54) is 30.6 Å². The van der Waals surface area contributed by atoms with Crippen LogP contribution in [0.1, 0.15) is 23.0 Å². The molecule has 3 saturated heterocycles. The number of ether oxygens (including phenoxy) is 1. The second kappa shape index (κ2) is 11.8. The summed E-state index contributed by atoms with van der Waals surface area (Å²) in [6.45, 7) is 2.92. The molecule has 2 aromatic rings. The first-order valence-electron chi connectivity index (χ1n) is 13.9. The van der Waals surface area contributed by atoms with Crippen LogP contribution in [0.5, 0.6) is 0 Å². The number of likely N-dealkylation sites (N-methyl/N-ethyl adjacent to an activating group) is 1. The van der Waals surface area contributed by atoms with Crippen LogP contribution in [-0.4, -0.2) is 125 Å². The molecule has 43 heavy (non-hydrogen) atoms. The highest BCUT2D eigenvalue weighted by Gasteiger charge is 2.47. The summed E-state index contributed by atoms with van der Waals surface area (Å²) >= 11 is 7.75. The molecule has 0 bridgehead atoms. The largest absolute Gasteiger partial charge is 0.478 e. The maximum Gasteiger partial charge on any atom is 0.335 e. The molecule has 2 N–H and O–H groups in total. The van der Waals surface area contributed by atoms with Gasteiger partial charge < -0.3 is 25.0 Å². The average molecular weight is 632 g/mol. The number of halogens is 2. The van der Waals surface area contributed by atoms with Crippen LogP contribution in [-0.2, 0) is 14.3 Å². The number of nitrogens with one attached hydrogen (secondary N) is 1. The van der Waals surface area contributed by atoms with Crippen molar-refractivity contribution in [3.63, 3.8) is 0 Å². The molecule has 1 unspecified atom stereocenters. The number of hydrogen-bond acceptors (Lipinski definition) is 10. The number of carbonyl (C=O) groups excluding carboxylic acids is 2. The number of rotatable bonds is 7. The molecule has 4 aliphatic rings. The highest BCUT2D eigenvalue weighted by Crippen LogP contribution is 2.37. The van der Waals surface area contributed by atoms with Gasteiger partial charge in [-0.2, -0.15) is 0 Å². The SMILES string of the molecule is COC(=O)[C@H]1C[C@H](N2C[C@@H]3CN(CC4=C(C(=O)O)C(c5ccc(F)cc5Cl)N=C(c5nccs5)N4)CCN3C2=O)CN1C. The fourth-order valence-corrected chi connectivity index (χ4v) is 7.31. The summed E-state index contributed by atoms with van der Waals surface area (Å²) in [5, 5.41) is 16.0. The molecule has 0 aliphatic carbocycles. The van der Waals surface area contributed by atoms with Crippen LogP contribution in [0, 0.1) is 5.82 Å². The molecular formula is C28H31ClFN7O5S. The Hall–Kier alpha value is -3.59. The van der Waals surface area contributed by atoms with E-state index < -0.39 is 17.8 Å². The lowest BCUT2D eigenvalue weighted by Crippen LogP contribution is -2.53. The number of likely N-dealkylation sites (tertiary alicyclic amines) is 1. The van der Waals surface area contributed by atoms with Crippen LogP contribution in [0.25, 0.3) is 0 Å². The van der Waals surface area contributed by atoms with Crippen molar-refractivity contribution in [2.75, 3.05) is 53.4 Å². The van der Waals surface area contributed by atoms with Gasteiger partial charge in [-0.1, -0.05) is 17.7 Å². The van der Waals surface area contributed by atoms with Gasteiger partial charge in [-0.05, 0) is 25.6 Å². The Balaban J connectivity index is 1.23. The molecule has 5 heterocycles. The van der Waals surface area contributed by atoms with Gasteiger partial charge in [-0.25, -0.2) is 19.0 Å². The monoisotopic (exact) mass is 631 g/mol. The van der Waals surface area contributed by atoms with Crippen molar-refractivity contribution in [2.24, 2.45) is 4.99 Å². The predicted octanol–water partition coefficient (Wildman–Crippen LogP) is 2.03. The zero-order valence-corrected chi connectivity index (χ0v) is 25.1. The number of piperazine rings is 1. The van der Waals surface area contributed by atoms with Gasteiger partial charge >= 0.3 is 18.0 Å². The first kappa shape index (κ1) is 29.5. The number of benzene rings is 1. The minimum absolute atomic E-state index is 0.0169. The highest BCUT2D eigenvalue weighted by atomic mass is 35.5. The minimum Gasteiger partial charge on any atom is -0.478 e. The molecule has 0 saturated carbocycles. The third kappa shape index (κ3) is 5.59. The van der Waals surface area contributed by atoms with E-state index in [0.717, 1.165) is 6.07 Å². The second-order valence-electron chi connectivity index (χ2n) is 11.1. The van der Waals surface area contributed by atoms with Gasteiger partial charge in [0, 0.05) is 73.2 Å². The molecule has 3 fully saturated rings. The molecule has 15 heteroatoms. The number of amides is 2. The van der Waals surface area contributed by atoms with Crippen LogP contribution in [0.4, 0.5) is 9.18 Å². The summed E-state index contributed by atoms with van der Waals surface area (Å²) in [5.41, 5.74) is 0.830. The van der Waals surface area contributed by atoms with Crippen molar-refractivity contribution < 1.29 is 28.6 Å². The molecular weight excluding hydrogens is 601 g/mol. The van der Waals surface area contributed by atoms with E-state index in [2.05, 4.69) is 20.2 Å². The predicted molar refractivity (Wildman–Crippen MR) is 156 cm³/mol. The number of thiazole rings is 1. The Kier molecular flexibility index (Phi) is 8.11. The number of carboxylic acid groups (broad SMARTS) is 1. The Bertz CT molecular complexity index is 1500. The lowest BCUT2D eigenvalue weighted by atomic mass is 9.95. The topological polar surface area (TPSA) is 131 Å². The summed E-state index contributed by atoms with van der Waals surface area (Å²) in [5.74, 6) is -1.59. The molecule has 6 rings (SSSR count). The van der Waals surface area contributed by atoms with Gasteiger partial charge in [-0.15, -0.1) is 11.3 Å². The second-order valence-corrected chi connectivity index (χ2v) is 12.4. The maximum absolute atomic E-state index is 13.9. The van der Waals surface area contributed by atoms with Gasteiger partial charge in [-0.3, -0.25) is 19.6 Å². The zero-order valence-electron chi connectivity index (χ0n) is 23.6. The normalized spacial score (nSPS) is 26.4. The lowest BCUT2D eigenvalue weighted by Gasteiger charge is -2.38. The number of hydrogen-bond donors (Lipinski definition) is 2. The van der Waals surface area contributed by atoms with Crippen molar-refractivity contribution >= 4 is 46.7 Å². The van der Waals surface area contributed by atoms with Crippen LogP contribution < -0.4 is 5.32 Å². The number of amidine groups is 1. The third-order valence-corrected chi connectivity index (χ3v) is 9.64. The molecule has 4 aliphatic heterocycles. The number of carboxylic acids is 1. The molecule has 228 valence electrons. The first-order chi connectivity index (χ1) is 20.6. The number of fused-ring (bicyclic) bond motifs is 1. The average Bonchev–Trinajstić information content (AvgIpc) is 3.71. The van der Waals surface area contributed by atoms with E-state index in [0.29, 0.717) is 61.2 Å². The smallest absolute Gasteiger partial charge is 0.335 e. The van der Waals surface area contributed by atoms with Crippen LogP contribution in [0.15, 0.2) is 46.0 Å². The maximum atomic E-state index is 13.9. The van der Waals surface area contributed by atoms with Crippen molar-refractivity contribution in [1.82, 2.24) is 29.9 Å². The minimum atomic E-state index is -1.17. The quantitative estimate of drug-likeness (QED) is 0.441. The van der Waals surface area contributed by atoms with E-state index in [1.54, 1.807) is 11.6 Å². The van der Waals surface area contributed by atoms with Crippen LogP contribution >= 0.6 is 22.9 Å². The summed E-state index contributed by atoms with van der Waals surface area (Å²) in [6.07, 6.45) is 2.15. The van der Waals surface area contributed by atoms with Crippen LogP contribution in [0.2, 0.25) is 5.02 Å². The number of esters is 1. The van der Waals surface area contributed by atoms with Gasteiger partial charge in [0.15, 0.2) is 10.8 Å². The van der Waals surface area contributed by atoms with Crippen LogP contribution in [0.3, 0.4) is 0 Å². The molecule has 0 radical (unpaired) electrons. The Morgan fingerprint density at radius 2 is 2.02 bits per heavy atom. The molecule has 0 spiro atoms. The Morgan fingerprint density at radius 1 is 1.21 bits per heavy atom. The number of urea groups is 1. The molecule has 1 aromatic carbocycles. The highest BCUT2D eigenvalue weighted by molar-refractivity contribution is 7.11. The summed E-state index contributed by atoms with van der Waals surface area (Å²) in [4.78, 5) is 55.1. The fraction of sp³-hybridized carbons (Fsp3) is 0.464. The summed E-state index contributed by atoms with van der Waals surface area (Å²) in [7, 11) is 3.23. The zero-order chi connectivity index (χ0) is 30.4. The van der Waals surface area contributed by atoms with Gasteiger partial charge in [0.05, 0.1) is 18.7 Å². The third-order valence-electron chi connectivity index (χ3n) is 8.54. The summed E-state index contributed by atoms with van der Waals surface area (Å²) in [6, 6.07) is 2.25. The standard InChI is InChI=1S/C28H31ClFN7O5S/c1-34-11-16(10-21(34)27(40)42-2)37-13-17-12-35(6-7-36(17)28(37)41)14-20-22(26(38)39)23(18-4-3-15(30)9-19(18)29)33-24(32-20)25-31-5-8-43-25/h3-5,8-9,16-17,21,23H,6-7,10-14H2,1-2H3,(H,32,33)(H,38,39)/t16-,17-,21+,23?/m0/s1. The van der Waals surface area contributed by atoms with Crippen molar-refractivity contribution in [3.05, 3.63) is 62.5 Å².